The molecule has 0 saturated heterocycles. The molecule has 0 aliphatic heterocycles. The van der Waals surface area contributed by atoms with Crippen LogP contribution < -0.4 is 10.5 Å². The van der Waals surface area contributed by atoms with Gasteiger partial charge in [-0.2, -0.15) is 0 Å². The van der Waals surface area contributed by atoms with Gasteiger partial charge in [-0.05, 0) is 61.7 Å². The summed E-state index contributed by atoms with van der Waals surface area (Å²) in [6, 6.07) is 14.3. The van der Waals surface area contributed by atoms with Crippen LogP contribution in [0.4, 0.5) is 0 Å². The van der Waals surface area contributed by atoms with E-state index in [1.807, 2.05) is 25.1 Å². The molecule has 0 aliphatic rings. The lowest BCUT2D eigenvalue weighted by Gasteiger charge is -2.17. The lowest BCUT2D eigenvalue weighted by atomic mass is 9.91. The topological polar surface area (TPSA) is 35.2 Å². The van der Waals surface area contributed by atoms with E-state index in [1.54, 1.807) is 0 Å². The first kappa shape index (κ1) is 15.9. The minimum absolute atomic E-state index is 0.306. The number of aryl methyl sites for hydroxylation is 1. The zero-order chi connectivity index (χ0) is 15.2. The van der Waals surface area contributed by atoms with Gasteiger partial charge in [-0.15, -0.1) is 0 Å². The molecule has 2 aromatic carbocycles. The van der Waals surface area contributed by atoms with Gasteiger partial charge in [0, 0.05) is 10.9 Å². The molecule has 3 heteroatoms. The van der Waals surface area contributed by atoms with Gasteiger partial charge in [-0.25, -0.2) is 0 Å². The van der Waals surface area contributed by atoms with Crippen molar-refractivity contribution in [1.82, 2.24) is 0 Å². The first-order chi connectivity index (χ1) is 10.1. The number of rotatable bonds is 6. The molecule has 2 nitrogen and oxygen atoms in total. The van der Waals surface area contributed by atoms with Gasteiger partial charge in [0.25, 0.3) is 0 Å². The molecular formula is C18H22ClNO. The molecule has 0 spiro atoms. The van der Waals surface area contributed by atoms with Crippen molar-refractivity contribution in [3.05, 3.63) is 64.2 Å². The number of ether oxygens (including phenoxy) is 1. The van der Waals surface area contributed by atoms with Crippen LogP contribution in [0.3, 0.4) is 0 Å². The quantitative estimate of drug-likeness (QED) is 0.862. The van der Waals surface area contributed by atoms with Gasteiger partial charge < -0.3 is 10.5 Å². The number of benzene rings is 2. The Bertz CT molecular complexity index is 580. The van der Waals surface area contributed by atoms with Crippen LogP contribution in [-0.4, -0.2) is 13.2 Å². The van der Waals surface area contributed by atoms with Crippen molar-refractivity contribution in [2.45, 2.75) is 26.2 Å². The minimum Gasteiger partial charge on any atom is -0.494 e. The van der Waals surface area contributed by atoms with Crippen LogP contribution in [-0.2, 0) is 6.42 Å². The van der Waals surface area contributed by atoms with Gasteiger partial charge in [0.1, 0.15) is 5.75 Å². The predicted octanol–water partition coefficient (Wildman–Crippen LogP) is 4.33. The summed E-state index contributed by atoms with van der Waals surface area (Å²) in [5, 5.41) is 0.764. The fourth-order valence-corrected chi connectivity index (χ4v) is 2.61. The van der Waals surface area contributed by atoms with E-state index in [4.69, 9.17) is 22.1 Å². The van der Waals surface area contributed by atoms with Crippen molar-refractivity contribution in [2.24, 2.45) is 5.73 Å². The van der Waals surface area contributed by atoms with Crippen LogP contribution in [0.1, 0.15) is 29.5 Å². The van der Waals surface area contributed by atoms with Crippen LogP contribution in [0.25, 0.3) is 0 Å². The summed E-state index contributed by atoms with van der Waals surface area (Å²) < 4.78 is 5.59. The first-order valence-corrected chi connectivity index (χ1v) is 7.69. The molecule has 0 fully saturated rings. The van der Waals surface area contributed by atoms with E-state index in [-0.39, 0.29) is 0 Å². The summed E-state index contributed by atoms with van der Waals surface area (Å²) in [6.07, 6.45) is 0.918. The average molecular weight is 304 g/mol. The van der Waals surface area contributed by atoms with E-state index in [9.17, 15) is 0 Å². The Labute approximate surface area is 131 Å². The molecule has 0 amide bonds. The number of hydrogen-bond acceptors (Lipinski definition) is 2. The summed E-state index contributed by atoms with van der Waals surface area (Å²) in [4.78, 5) is 0. The van der Waals surface area contributed by atoms with Crippen molar-refractivity contribution < 1.29 is 4.74 Å². The molecule has 1 unspecified atom stereocenters. The van der Waals surface area contributed by atoms with Gasteiger partial charge in [-0.1, -0.05) is 35.9 Å². The maximum absolute atomic E-state index is 5.97. The van der Waals surface area contributed by atoms with Crippen LogP contribution >= 0.6 is 11.6 Å². The van der Waals surface area contributed by atoms with Crippen LogP contribution in [0, 0.1) is 6.92 Å². The Kier molecular flexibility index (Phi) is 5.66. The molecule has 0 aromatic heterocycles. The summed E-state index contributed by atoms with van der Waals surface area (Å²) in [7, 11) is 0. The van der Waals surface area contributed by atoms with Crippen LogP contribution in [0.2, 0.25) is 5.02 Å². The van der Waals surface area contributed by atoms with E-state index in [0.29, 0.717) is 19.1 Å². The highest BCUT2D eigenvalue weighted by Gasteiger charge is 2.12. The van der Waals surface area contributed by atoms with Crippen LogP contribution in [0.5, 0.6) is 5.75 Å². The Morgan fingerprint density at radius 2 is 1.86 bits per heavy atom. The molecule has 0 aliphatic carbocycles. The van der Waals surface area contributed by atoms with Gasteiger partial charge in [0.15, 0.2) is 0 Å². The largest absolute Gasteiger partial charge is 0.494 e. The second-order valence-electron chi connectivity index (χ2n) is 5.22. The molecule has 0 bridgehead atoms. The fourth-order valence-electron chi connectivity index (χ4n) is 2.49. The highest BCUT2D eigenvalue weighted by molar-refractivity contribution is 6.30. The first-order valence-electron chi connectivity index (χ1n) is 7.32. The molecular weight excluding hydrogens is 282 g/mol. The summed E-state index contributed by atoms with van der Waals surface area (Å²) >= 11 is 5.93. The minimum atomic E-state index is 0.306. The Morgan fingerprint density at radius 3 is 2.43 bits per heavy atom. The van der Waals surface area contributed by atoms with Crippen molar-refractivity contribution in [2.75, 3.05) is 13.2 Å². The lowest BCUT2D eigenvalue weighted by molar-refractivity contribution is 0.337. The lowest BCUT2D eigenvalue weighted by Crippen LogP contribution is -2.15. The third kappa shape index (κ3) is 4.23. The second-order valence-corrected chi connectivity index (χ2v) is 5.66. The number of halogens is 1. The predicted molar refractivity (Wildman–Crippen MR) is 89.3 cm³/mol. The summed E-state index contributed by atoms with van der Waals surface area (Å²) in [6.45, 7) is 5.38. The number of nitrogens with two attached hydrogens (primary N) is 1. The molecule has 0 radical (unpaired) electrons. The Morgan fingerprint density at radius 1 is 1.14 bits per heavy atom. The zero-order valence-corrected chi connectivity index (χ0v) is 13.4. The van der Waals surface area contributed by atoms with E-state index >= 15 is 0 Å². The molecule has 0 heterocycles. The van der Waals surface area contributed by atoms with E-state index in [0.717, 1.165) is 22.8 Å². The molecule has 2 rings (SSSR count). The Balaban J connectivity index is 2.17. The van der Waals surface area contributed by atoms with E-state index in [2.05, 4.69) is 31.2 Å². The van der Waals surface area contributed by atoms with E-state index < -0.39 is 0 Å². The Hall–Kier alpha value is -1.51. The van der Waals surface area contributed by atoms with Crippen molar-refractivity contribution in [3.63, 3.8) is 0 Å². The van der Waals surface area contributed by atoms with Gasteiger partial charge in [0.05, 0.1) is 6.61 Å². The van der Waals surface area contributed by atoms with E-state index in [1.165, 1.54) is 11.1 Å². The van der Waals surface area contributed by atoms with Crippen molar-refractivity contribution >= 4 is 11.6 Å². The summed E-state index contributed by atoms with van der Waals surface area (Å²) in [5.41, 5.74) is 9.64. The highest BCUT2D eigenvalue weighted by Crippen LogP contribution is 2.26. The normalized spacial score (nSPS) is 12.2. The third-order valence-electron chi connectivity index (χ3n) is 3.65. The molecule has 2 aromatic rings. The average Bonchev–Trinajstić information content (AvgIpc) is 2.49. The second kappa shape index (κ2) is 7.48. The maximum atomic E-state index is 5.97. The van der Waals surface area contributed by atoms with Gasteiger partial charge in [-0.3, -0.25) is 0 Å². The fraction of sp³-hybridized carbons (Fsp3) is 0.333. The summed E-state index contributed by atoms with van der Waals surface area (Å²) in [5.74, 6) is 1.25. The van der Waals surface area contributed by atoms with Crippen LogP contribution in [0.15, 0.2) is 42.5 Å². The standard InChI is InChI=1S/C18H22ClNO/c1-3-21-18-9-6-15(10-13(18)2)16(12-20)11-14-4-7-17(19)8-5-14/h4-10,16H,3,11-12,20H2,1-2H3. The van der Waals surface area contributed by atoms with Crippen molar-refractivity contribution in [1.29, 1.82) is 0 Å². The molecule has 0 saturated carbocycles. The molecule has 112 valence electrons. The number of hydrogen-bond donors (Lipinski definition) is 1. The zero-order valence-electron chi connectivity index (χ0n) is 12.6. The third-order valence-corrected chi connectivity index (χ3v) is 3.90. The SMILES string of the molecule is CCOc1ccc(C(CN)Cc2ccc(Cl)cc2)cc1C. The molecule has 2 N–H and O–H groups in total. The van der Waals surface area contributed by atoms with Gasteiger partial charge in [0.2, 0.25) is 0 Å². The van der Waals surface area contributed by atoms with Crippen molar-refractivity contribution in [3.8, 4) is 5.75 Å². The molecule has 1 atom stereocenters. The highest BCUT2D eigenvalue weighted by atomic mass is 35.5. The smallest absolute Gasteiger partial charge is 0.122 e. The maximum Gasteiger partial charge on any atom is 0.122 e. The van der Waals surface area contributed by atoms with Gasteiger partial charge >= 0.3 is 0 Å². The molecule has 21 heavy (non-hydrogen) atoms. The monoisotopic (exact) mass is 303 g/mol.